The van der Waals surface area contributed by atoms with Gasteiger partial charge in [0.05, 0.1) is 14.2 Å². The largest absolute Gasteiger partial charge is 0.496 e. The molecule has 0 aromatic heterocycles. The van der Waals surface area contributed by atoms with E-state index >= 15 is 0 Å². The van der Waals surface area contributed by atoms with E-state index in [0.717, 1.165) is 34.8 Å². The van der Waals surface area contributed by atoms with Gasteiger partial charge in [0.25, 0.3) is 0 Å². The molecule has 0 N–H and O–H groups in total. The SMILES string of the molecule is COc1ccc(OC)c2c1=CCCC=2. The minimum atomic E-state index is 0.928. The zero-order valence-electron chi connectivity index (χ0n) is 8.54. The van der Waals surface area contributed by atoms with Crippen LogP contribution >= 0.6 is 0 Å². The van der Waals surface area contributed by atoms with Crippen LogP contribution in [-0.2, 0) is 0 Å². The van der Waals surface area contributed by atoms with Gasteiger partial charge in [-0.1, -0.05) is 12.2 Å². The van der Waals surface area contributed by atoms with Gasteiger partial charge in [-0.3, -0.25) is 0 Å². The fourth-order valence-electron chi connectivity index (χ4n) is 1.83. The Morgan fingerprint density at radius 1 is 0.857 bits per heavy atom. The number of benzene rings is 1. The van der Waals surface area contributed by atoms with Gasteiger partial charge in [0.2, 0.25) is 0 Å². The molecule has 2 nitrogen and oxygen atoms in total. The minimum Gasteiger partial charge on any atom is -0.496 e. The van der Waals surface area contributed by atoms with Crippen LogP contribution in [0.25, 0.3) is 12.2 Å². The molecule has 0 saturated carbocycles. The number of hydrogen-bond acceptors (Lipinski definition) is 2. The zero-order valence-corrected chi connectivity index (χ0v) is 8.54. The smallest absolute Gasteiger partial charge is 0.126 e. The number of ether oxygens (including phenoxy) is 2. The minimum absolute atomic E-state index is 0.928. The third-order valence-electron chi connectivity index (χ3n) is 2.51. The second-order valence-electron chi connectivity index (χ2n) is 3.28. The summed E-state index contributed by atoms with van der Waals surface area (Å²) in [5.74, 6) is 1.86. The molecule has 0 saturated heterocycles. The summed E-state index contributed by atoms with van der Waals surface area (Å²) in [7, 11) is 3.40. The number of fused-ring (bicyclic) bond motifs is 1. The maximum atomic E-state index is 5.31. The second kappa shape index (κ2) is 3.74. The molecule has 0 unspecified atom stereocenters. The summed E-state index contributed by atoms with van der Waals surface area (Å²) >= 11 is 0. The molecule has 0 atom stereocenters. The average molecular weight is 190 g/mol. The molecule has 2 rings (SSSR count). The normalized spacial score (nSPS) is 13.6. The highest BCUT2D eigenvalue weighted by Gasteiger charge is 2.04. The lowest BCUT2D eigenvalue weighted by atomic mass is 10.1. The standard InChI is InChI=1S/C12H14O2/c1-13-11-7-8-12(14-2)10-6-4-3-5-9(10)11/h5-8H,3-4H2,1-2H3. The fourth-order valence-corrected chi connectivity index (χ4v) is 1.83. The summed E-state index contributed by atoms with van der Waals surface area (Å²) in [5, 5.41) is 2.33. The third-order valence-corrected chi connectivity index (χ3v) is 2.51. The lowest BCUT2D eigenvalue weighted by Gasteiger charge is -2.09. The molecule has 2 heteroatoms. The van der Waals surface area contributed by atoms with Gasteiger partial charge in [0.15, 0.2) is 0 Å². The quantitative estimate of drug-likeness (QED) is 0.694. The van der Waals surface area contributed by atoms with Gasteiger partial charge >= 0.3 is 0 Å². The molecule has 0 radical (unpaired) electrons. The van der Waals surface area contributed by atoms with Crippen molar-refractivity contribution in [3.05, 3.63) is 22.6 Å². The topological polar surface area (TPSA) is 18.5 Å². The molecular weight excluding hydrogens is 176 g/mol. The fraction of sp³-hybridized carbons (Fsp3) is 0.333. The monoisotopic (exact) mass is 190 g/mol. The summed E-state index contributed by atoms with van der Waals surface area (Å²) < 4.78 is 10.6. The lowest BCUT2D eigenvalue weighted by molar-refractivity contribution is 0.396. The predicted octanol–water partition coefficient (Wildman–Crippen LogP) is 1.06. The highest BCUT2D eigenvalue weighted by atomic mass is 16.5. The van der Waals surface area contributed by atoms with Gasteiger partial charge in [-0.2, -0.15) is 0 Å². The first-order chi connectivity index (χ1) is 6.86. The van der Waals surface area contributed by atoms with Gasteiger partial charge in [-0.25, -0.2) is 0 Å². The van der Waals surface area contributed by atoms with Crippen molar-refractivity contribution >= 4 is 12.2 Å². The van der Waals surface area contributed by atoms with Gasteiger partial charge in [-0.05, 0) is 25.0 Å². The van der Waals surface area contributed by atoms with E-state index in [4.69, 9.17) is 9.47 Å². The van der Waals surface area contributed by atoms with Crippen LogP contribution in [0.5, 0.6) is 11.5 Å². The Morgan fingerprint density at radius 2 is 1.29 bits per heavy atom. The molecule has 74 valence electrons. The Hall–Kier alpha value is -1.44. The van der Waals surface area contributed by atoms with Crippen LogP contribution in [0.15, 0.2) is 12.1 Å². The number of rotatable bonds is 2. The average Bonchev–Trinajstić information content (AvgIpc) is 2.27. The molecule has 1 aromatic rings. The van der Waals surface area contributed by atoms with E-state index < -0.39 is 0 Å². The Labute approximate surface area is 83.5 Å². The van der Waals surface area contributed by atoms with Crippen LogP contribution in [0.3, 0.4) is 0 Å². The zero-order chi connectivity index (χ0) is 9.97. The van der Waals surface area contributed by atoms with E-state index in [-0.39, 0.29) is 0 Å². The predicted molar refractivity (Wildman–Crippen MR) is 57.0 cm³/mol. The summed E-state index contributed by atoms with van der Waals surface area (Å²) in [5.41, 5.74) is 0. The van der Waals surface area contributed by atoms with Crippen molar-refractivity contribution in [3.63, 3.8) is 0 Å². The molecule has 0 heterocycles. The Kier molecular flexibility index (Phi) is 2.44. The van der Waals surface area contributed by atoms with Crippen LogP contribution < -0.4 is 19.9 Å². The van der Waals surface area contributed by atoms with E-state index in [1.165, 1.54) is 0 Å². The summed E-state index contributed by atoms with van der Waals surface area (Å²) in [6.45, 7) is 0. The molecule has 1 aromatic carbocycles. The van der Waals surface area contributed by atoms with Crippen molar-refractivity contribution in [2.75, 3.05) is 14.2 Å². The molecular formula is C12H14O2. The number of methoxy groups -OCH3 is 2. The Balaban J connectivity index is 2.77. The van der Waals surface area contributed by atoms with E-state index in [2.05, 4.69) is 12.2 Å². The highest BCUT2D eigenvalue weighted by molar-refractivity contribution is 5.48. The van der Waals surface area contributed by atoms with E-state index in [1.54, 1.807) is 14.2 Å². The van der Waals surface area contributed by atoms with Crippen LogP contribution in [0.1, 0.15) is 12.8 Å². The molecule has 0 fully saturated rings. The summed E-state index contributed by atoms with van der Waals surface area (Å²) in [4.78, 5) is 0. The van der Waals surface area contributed by atoms with Crippen molar-refractivity contribution in [1.29, 1.82) is 0 Å². The van der Waals surface area contributed by atoms with Gasteiger partial charge < -0.3 is 9.47 Å². The molecule has 0 bridgehead atoms. The van der Waals surface area contributed by atoms with Gasteiger partial charge in [0.1, 0.15) is 11.5 Å². The molecule has 1 aliphatic carbocycles. The van der Waals surface area contributed by atoms with Crippen LogP contribution in [0.4, 0.5) is 0 Å². The first kappa shape index (κ1) is 9.13. The van der Waals surface area contributed by atoms with Crippen molar-refractivity contribution < 1.29 is 9.47 Å². The van der Waals surface area contributed by atoms with Crippen LogP contribution in [-0.4, -0.2) is 14.2 Å². The maximum Gasteiger partial charge on any atom is 0.126 e. The van der Waals surface area contributed by atoms with E-state index in [9.17, 15) is 0 Å². The first-order valence-electron chi connectivity index (χ1n) is 4.78. The van der Waals surface area contributed by atoms with Crippen LogP contribution in [0.2, 0.25) is 0 Å². The Morgan fingerprint density at radius 3 is 1.64 bits per heavy atom. The second-order valence-corrected chi connectivity index (χ2v) is 3.28. The van der Waals surface area contributed by atoms with Crippen molar-refractivity contribution in [2.24, 2.45) is 0 Å². The van der Waals surface area contributed by atoms with Crippen molar-refractivity contribution in [3.8, 4) is 11.5 Å². The number of hydrogen-bond donors (Lipinski definition) is 0. The summed E-state index contributed by atoms with van der Waals surface area (Å²) in [6.07, 6.45) is 6.57. The van der Waals surface area contributed by atoms with Gasteiger partial charge in [0, 0.05) is 10.4 Å². The maximum absolute atomic E-state index is 5.31. The molecule has 0 aliphatic heterocycles. The van der Waals surface area contributed by atoms with Crippen molar-refractivity contribution in [2.45, 2.75) is 12.8 Å². The lowest BCUT2D eigenvalue weighted by Crippen LogP contribution is -2.29. The third kappa shape index (κ3) is 1.37. The van der Waals surface area contributed by atoms with Crippen LogP contribution in [0, 0.1) is 0 Å². The van der Waals surface area contributed by atoms with Crippen molar-refractivity contribution in [1.82, 2.24) is 0 Å². The molecule has 0 spiro atoms. The Bertz CT molecular complexity index is 403. The molecule has 1 aliphatic rings. The van der Waals surface area contributed by atoms with E-state index in [0.29, 0.717) is 0 Å². The van der Waals surface area contributed by atoms with E-state index in [1.807, 2.05) is 12.1 Å². The first-order valence-corrected chi connectivity index (χ1v) is 4.78. The molecule has 14 heavy (non-hydrogen) atoms. The summed E-state index contributed by atoms with van der Waals surface area (Å²) in [6, 6.07) is 3.90. The highest BCUT2D eigenvalue weighted by Crippen LogP contribution is 2.10. The van der Waals surface area contributed by atoms with Gasteiger partial charge in [-0.15, -0.1) is 0 Å². The molecule has 0 amide bonds.